The molecule has 2 atom stereocenters. The molecule has 0 amide bonds. The van der Waals surface area contributed by atoms with Gasteiger partial charge < -0.3 is 9.47 Å². The van der Waals surface area contributed by atoms with E-state index in [2.05, 4.69) is 33.2 Å². The van der Waals surface area contributed by atoms with Crippen LogP contribution in [0.4, 0.5) is 0 Å². The minimum absolute atomic E-state index is 0.236. The summed E-state index contributed by atoms with van der Waals surface area (Å²) in [4.78, 5) is 11.4. The summed E-state index contributed by atoms with van der Waals surface area (Å²) < 4.78 is 11.2. The zero-order valence-corrected chi connectivity index (χ0v) is 15.2. The van der Waals surface area contributed by atoms with Gasteiger partial charge >= 0.3 is 0 Å². The molecule has 0 radical (unpaired) electrons. The Bertz CT molecular complexity index is 620. The van der Waals surface area contributed by atoms with Crippen molar-refractivity contribution in [1.82, 2.24) is 14.9 Å². The Morgan fingerprint density at radius 3 is 3.00 bits per heavy atom. The second kappa shape index (κ2) is 8.67. The van der Waals surface area contributed by atoms with E-state index in [1.165, 1.54) is 5.56 Å². The third-order valence-electron chi connectivity index (χ3n) is 4.42. The Balaban J connectivity index is 1.68. The average Bonchev–Trinajstić information content (AvgIpc) is 3.17. The second-order valence-corrected chi connectivity index (χ2v) is 7.21. The van der Waals surface area contributed by atoms with E-state index in [1.54, 1.807) is 18.4 Å². The molecule has 0 N–H and O–H groups in total. The molecule has 0 aromatic carbocycles. The van der Waals surface area contributed by atoms with E-state index in [9.17, 15) is 0 Å². The van der Waals surface area contributed by atoms with Gasteiger partial charge in [0.2, 0.25) is 0 Å². The first-order valence-corrected chi connectivity index (χ1v) is 9.28. The average molecular weight is 347 g/mol. The van der Waals surface area contributed by atoms with E-state index in [0.717, 1.165) is 36.6 Å². The molecule has 0 spiro atoms. The van der Waals surface area contributed by atoms with Crippen molar-refractivity contribution < 1.29 is 9.47 Å². The van der Waals surface area contributed by atoms with Gasteiger partial charge in [0, 0.05) is 44.0 Å². The molecule has 1 fully saturated rings. The highest BCUT2D eigenvalue weighted by Crippen LogP contribution is 2.26. The maximum atomic E-state index is 6.10. The first kappa shape index (κ1) is 17.5. The van der Waals surface area contributed by atoms with Crippen LogP contribution in [0.3, 0.4) is 0 Å². The van der Waals surface area contributed by atoms with E-state index in [4.69, 9.17) is 9.47 Å². The molecule has 0 saturated carbocycles. The number of rotatable bonds is 8. The van der Waals surface area contributed by atoms with Crippen molar-refractivity contribution in [2.45, 2.75) is 38.5 Å². The monoisotopic (exact) mass is 347 g/mol. The lowest BCUT2D eigenvalue weighted by Crippen LogP contribution is -2.38. The van der Waals surface area contributed by atoms with Crippen molar-refractivity contribution in [3.63, 3.8) is 0 Å². The van der Waals surface area contributed by atoms with Gasteiger partial charge in [0.05, 0.1) is 30.0 Å². The molecule has 2 aromatic rings. The number of ether oxygens (including phenoxy) is 2. The lowest BCUT2D eigenvalue weighted by molar-refractivity contribution is -0.00142. The van der Waals surface area contributed by atoms with Crippen molar-refractivity contribution in [2.24, 2.45) is 0 Å². The molecule has 24 heavy (non-hydrogen) atoms. The number of aromatic nitrogens is 2. The molecule has 0 unspecified atom stereocenters. The fraction of sp³-hybridized carbons (Fsp3) is 0.556. The second-order valence-electron chi connectivity index (χ2n) is 6.15. The van der Waals surface area contributed by atoms with E-state index < -0.39 is 0 Å². The lowest BCUT2D eigenvalue weighted by Gasteiger charge is -2.27. The Morgan fingerprint density at radius 2 is 2.29 bits per heavy atom. The van der Waals surface area contributed by atoms with Crippen LogP contribution in [0.1, 0.15) is 22.7 Å². The summed E-state index contributed by atoms with van der Waals surface area (Å²) in [5, 5.41) is 3.29. The van der Waals surface area contributed by atoms with Gasteiger partial charge in [-0.25, -0.2) is 4.98 Å². The SMILES string of the molecule is COCCO[C@H]1CCN(Cc2csc(C)n2)[C@H]1Cc1cccnc1. The fourth-order valence-electron chi connectivity index (χ4n) is 3.27. The highest BCUT2D eigenvalue weighted by Gasteiger charge is 2.35. The Kier molecular flexibility index (Phi) is 6.31. The number of nitrogens with zero attached hydrogens (tertiary/aromatic N) is 3. The van der Waals surface area contributed by atoms with Crippen LogP contribution in [0.15, 0.2) is 29.9 Å². The van der Waals surface area contributed by atoms with Gasteiger partial charge in [0.1, 0.15) is 0 Å². The van der Waals surface area contributed by atoms with Crippen molar-refractivity contribution in [2.75, 3.05) is 26.9 Å². The number of likely N-dealkylation sites (tertiary alicyclic amines) is 1. The summed E-state index contributed by atoms with van der Waals surface area (Å²) in [5.74, 6) is 0. The maximum Gasteiger partial charge on any atom is 0.0897 e. The van der Waals surface area contributed by atoms with Gasteiger partial charge in [-0.3, -0.25) is 9.88 Å². The Labute approximate surface area is 147 Å². The quantitative estimate of drug-likeness (QED) is 0.687. The molecule has 0 bridgehead atoms. The minimum atomic E-state index is 0.236. The molecule has 1 aliphatic rings. The van der Waals surface area contributed by atoms with E-state index in [1.807, 2.05) is 18.5 Å². The Hall–Kier alpha value is -1.34. The molecule has 6 heteroatoms. The van der Waals surface area contributed by atoms with Crippen LogP contribution in [-0.2, 0) is 22.4 Å². The fourth-order valence-corrected chi connectivity index (χ4v) is 3.87. The van der Waals surface area contributed by atoms with Crippen molar-refractivity contribution in [3.8, 4) is 0 Å². The zero-order valence-electron chi connectivity index (χ0n) is 14.4. The summed E-state index contributed by atoms with van der Waals surface area (Å²) in [5.41, 5.74) is 2.41. The molecule has 130 valence electrons. The van der Waals surface area contributed by atoms with Crippen molar-refractivity contribution in [1.29, 1.82) is 0 Å². The number of hydrogen-bond acceptors (Lipinski definition) is 6. The summed E-state index contributed by atoms with van der Waals surface area (Å²) in [6.45, 7) is 5.27. The van der Waals surface area contributed by atoms with E-state index in [0.29, 0.717) is 19.3 Å². The van der Waals surface area contributed by atoms with Gasteiger partial charge in [-0.1, -0.05) is 6.07 Å². The molecule has 1 saturated heterocycles. The van der Waals surface area contributed by atoms with Crippen molar-refractivity contribution >= 4 is 11.3 Å². The molecule has 1 aliphatic heterocycles. The zero-order chi connectivity index (χ0) is 16.8. The number of hydrogen-bond donors (Lipinski definition) is 0. The predicted octanol–water partition coefficient (Wildman–Crippen LogP) is 2.70. The summed E-state index contributed by atoms with van der Waals surface area (Å²) >= 11 is 1.72. The van der Waals surface area contributed by atoms with Crippen LogP contribution in [0, 0.1) is 6.92 Å². The van der Waals surface area contributed by atoms with E-state index in [-0.39, 0.29) is 6.10 Å². The topological polar surface area (TPSA) is 47.5 Å². The smallest absolute Gasteiger partial charge is 0.0897 e. The predicted molar refractivity (Wildman–Crippen MR) is 95.2 cm³/mol. The number of aryl methyl sites for hydroxylation is 1. The summed E-state index contributed by atoms with van der Waals surface area (Å²) in [6, 6.07) is 4.50. The summed E-state index contributed by atoms with van der Waals surface area (Å²) in [7, 11) is 1.71. The molecule has 5 nitrogen and oxygen atoms in total. The van der Waals surface area contributed by atoms with Crippen LogP contribution < -0.4 is 0 Å². The lowest BCUT2D eigenvalue weighted by atomic mass is 10.0. The van der Waals surface area contributed by atoms with Gasteiger partial charge in [-0.2, -0.15) is 0 Å². The van der Waals surface area contributed by atoms with Gasteiger partial charge in [-0.05, 0) is 31.4 Å². The van der Waals surface area contributed by atoms with Crippen LogP contribution >= 0.6 is 11.3 Å². The highest BCUT2D eigenvalue weighted by molar-refractivity contribution is 7.09. The van der Waals surface area contributed by atoms with Crippen LogP contribution in [-0.4, -0.2) is 53.9 Å². The maximum absolute atomic E-state index is 6.10. The largest absolute Gasteiger partial charge is 0.382 e. The van der Waals surface area contributed by atoms with Gasteiger partial charge in [-0.15, -0.1) is 11.3 Å². The number of thiazole rings is 1. The molecular formula is C18H25N3O2S. The third kappa shape index (κ3) is 4.60. The third-order valence-corrected chi connectivity index (χ3v) is 5.24. The van der Waals surface area contributed by atoms with Crippen LogP contribution in [0.2, 0.25) is 0 Å². The number of pyridine rings is 1. The molecule has 3 rings (SSSR count). The highest BCUT2D eigenvalue weighted by atomic mass is 32.1. The van der Waals surface area contributed by atoms with Crippen LogP contribution in [0.25, 0.3) is 0 Å². The van der Waals surface area contributed by atoms with Gasteiger partial charge in [0.25, 0.3) is 0 Å². The molecule has 3 heterocycles. The summed E-state index contributed by atoms with van der Waals surface area (Å²) in [6.07, 6.45) is 6.02. The van der Waals surface area contributed by atoms with Gasteiger partial charge in [0.15, 0.2) is 0 Å². The molecule has 0 aliphatic carbocycles. The normalized spacial score (nSPS) is 21.4. The standard InChI is InChI=1S/C18H25N3O2S/c1-14-20-16(13-24-14)12-21-7-5-18(23-9-8-22-2)17(21)10-15-4-3-6-19-11-15/h3-4,6,11,13,17-18H,5,7-10,12H2,1-2H3/t17-,18-/m0/s1. The molecular weight excluding hydrogens is 322 g/mol. The van der Waals surface area contributed by atoms with Crippen molar-refractivity contribution in [3.05, 3.63) is 46.2 Å². The first-order chi connectivity index (χ1) is 11.8. The van der Waals surface area contributed by atoms with E-state index >= 15 is 0 Å². The Morgan fingerprint density at radius 1 is 1.38 bits per heavy atom. The first-order valence-electron chi connectivity index (χ1n) is 8.41. The molecule has 2 aromatic heterocycles. The number of methoxy groups -OCH3 is 1. The van der Waals surface area contributed by atoms with Crippen LogP contribution in [0.5, 0.6) is 0 Å². The minimum Gasteiger partial charge on any atom is -0.382 e.